The highest BCUT2D eigenvalue weighted by Gasteiger charge is 2.25. The maximum atomic E-state index is 13.0. The molecule has 2 aromatic rings. The van der Waals surface area contributed by atoms with Gasteiger partial charge in [0, 0.05) is 12.4 Å². The zero-order valence-electron chi connectivity index (χ0n) is 16.2. The molecule has 2 rings (SSSR count). The molecule has 2 aromatic heterocycles. The maximum absolute atomic E-state index is 13.0. The van der Waals surface area contributed by atoms with Crippen LogP contribution in [0.5, 0.6) is 0 Å². The van der Waals surface area contributed by atoms with Gasteiger partial charge in [-0.25, -0.2) is 4.79 Å². The largest absolute Gasteiger partial charge is 0.444 e. The van der Waals surface area contributed by atoms with Crippen molar-refractivity contribution in [1.29, 1.82) is 0 Å². The summed E-state index contributed by atoms with van der Waals surface area (Å²) in [6, 6.07) is 10.3. The average Bonchev–Trinajstić information content (AvgIpc) is 2.60. The van der Waals surface area contributed by atoms with Crippen molar-refractivity contribution in [3.63, 3.8) is 0 Å². The third-order valence-corrected chi connectivity index (χ3v) is 3.57. The molecule has 0 radical (unpaired) electrons. The van der Waals surface area contributed by atoms with Crippen molar-refractivity contribution in [3.05, 3.63) is 60.2 Å². The minimum absolute atomic E-state index is 0.239. The van der Waals surface area contributed by atoms with Gasteiger partial charge in [0.2, 0.25) is 5.91 Å². The van der Waals surface area contributed by atoms with Crippen LogP contribution in [-0.2, 0) is 22.6 Å². The van der Waals surface area contributed by atoms with Gasteiger partial charge in [0.05, 0.1) is 24.5 Å². The lowest BCUT2D eigenvalue weighted by atomic mass is 10.2. The fourth-order valence-electron chi connectivity index (χ4n) is 2.41. The van der Waals surface area contributed by atoms with Crippen molar-refractivity contribution in [3.8, 4) is 0 Å². The lowest BCUT2D eigenvalue weighted by molar-refractivity contribution is -0.134. The Hall–Kier alpha value is -2.96. The molecule has 27 heavy (non-hydrogen) atoms. The fourth-order valence-corrected chi connectivity index (χ4v) is 2.41. The van der Waals surface area contributed by atoms with Gasteiger partial charge in [-0.05, 0) is 52.0 Å². The van der Waals surface area contributed by atoms with E-state index in [9.17, 15) is 9.59 Å². The van der Waals surface area contributed by atoms with Crippen LogP contribution >= 0.6 is 0 Å². The second-order valence-electron chi connectivity index (χ2n) is 7.20. The van der Waals surface area contributed by atoms with Crippen LogP contribution in [0, 0.1) is 0 Å². The van der Waals surface area contributed by atoms with Crippen molar-refractivity contribution in [1.82, 2.24) is 20.2 Å². The first-order valence-electron chi connectivity index (χ1n) is 8.83. The quantitative estimate of drug-likeness (QED) is 0.845. The van der Waals surface area contributed by atoms with Crippen LogP contribution in [0.15, 0.2) is 48.8 Å². The van der Waals surface area contributed by atoms with E-state index < -0.39 is 17.7 Å². The highest BCUT2D eigenvalue weighted by Crippen LogP contribution is 2.10. The molecule has 2 amide bonds. The number of hydrogen-bond donors (Lipinski definition) is 1. The van der Waals surface area contributed by atoms with Crippen molar-refractivity contribution in [2.24, 2.45) is 0 Å². The number of alkyl carbamates (subject to hydrolysis) is 1. The Kier molecular flexibility index (Phi) is 6.87. The number of amides is 2. The smallest absolute Gasteiger partial charge is 0.408 e. The lowest BCUT2D eigenvalue weighted by Gasteiger charge is -2.27. The summed E-state index contributed by atoms with van der Waals surface area (Å²) in [5.41, 5.74) is 0.881. The summed E-state index contributed by atoms with van der Waals surface area (Å²) < 4.78 is 5.23. The summed E-state index contributed by atoms with van der Waals surface area (Å²) in [5, 5.41) is 2.60. The molecule has 0 aliphatic rings. The lowest BCUT2D eigenvalue weighted by Crippen LogP contribution is -2.47. The number of carbonyl (C=O) groups is 2. The molecule has 0 fully saturated rings. The molecule has 0 saturated carbocycles. The fraction of sp³-hybridized carbons (Fsp3) is 0.400. The third kappa shape index (κ3) is 7.05. The molecule has 0 saturated heterocycles. The first-order chi connectivity index (χ1) is 12.7. The predicted octanol–water partition coefficient (Wildman–Crippen LogP) is 2.92. The number of nitrogens with zero attached hydrogens (tertiary/aromatic N) is 3. The first kappa shape index (κ1) is 20.4. The number of hydrogen-bond acceptors (Lipinski definition) is 5. The van der Waals surface area contributed by atoms with Gasteiger partial charge in [-0.3, -0.25) is 14.8 Å². The molecule has 0 bridgehead atoms. The molecule has 7 heteroatoms. The summed E-state index contributed by atoms with van der Waals surface area (Å²) in [4.78, 5) is 35.1. The van der Waals surface area contributed by atoms with E-state index in [1.165, 1.54) is 0 Å². The molecular formula is C20H26N4O3. The minimum atomic E-state index is -0.743. The molecule has 2 heterocycles. The number of rotatable bonds is 6. The SMILES string of the molecule is C[C@H](NC(=O)OC(C)(C)C)C(=O)N(Cc1ccccn1)Cc1ccccn1. The van der Waals surface area contributed by atoms with Crippen LogP contribution in [0.3, 0.4) is 0 Å². The zero-order valence-corrected chi connectivity index (χ0v) is 16.2. The Balaban J connectivity index is 2.10. The van der Waals surface area contributed by atoms with E-state index in [1.54, 1.807) is 45.0 Å². The molecule has 1 N–H and O–H groups in total. The number of ether oxygens (including phenoxy) is 1. The number of nitrogens with one attached hydrogen (secondary N) is 1. The van der Waals surface area contributed by atoms with Gasteiger partial charge in [0.15, 0.2) is 0 Å². The van der Waals surface area contributed by atoms with Crippen molar-refractivity contribution in [2.45, 2.75) is 52.4 Å². The highest BCUT2D eigenvalue weighted by atomic mass is 16.6. The van der Waals surface area contributed by atoms with Gasteiger partial charge in [-0.15, -0.1) is 0 Å². The van der Waals surface area contributed by atoms with E-state index in [0.717, 1.165) is 11.4 Å². The first-order valence-corrected chi connectivity index (χ1v) is 8.83. The number of pyridine rings is 2. The normalized spacial score (nSPS) is 12.1. The molecule has 144 valence electrons. The summed E-state index contributed by atoms with van der Waals surface area (Å²) in [7, 11) is 0. The van der Waals surface area contributed by atoms with Crippen molar-refractivity contribution in [2.75, 3.05) is 0 Å². The molecule has 1 atom stereocenters. The van der Waals surface area contributed by atoms with Gasteiger partial charge in [-0.1, -0.05) is 12.1 Å². The Morgan fingerprint density at radius 2 is 1.56 bits per heavy atom. The predicted molar refractivity (Wildman–Crippen MR) is 102 cm³/mol. The van der Waals surface area contributed by atoms with Gasteiger partial charge in [-0.2, -0.15) is 0 Å². The topological polar surface area (TPSA) is 84.4 Å². The molecule has 0 aliphatic carbocycles. The Morgan fingerprint density at radius 1 is 1.04 bits per heavy atom. The maximum Gasteiger partial charge on any atom is 0.408 e. The Morgan fingerprint density at radius 3 is 1.96 bits per heavy atom. The molecule has 0 aromatic carbocycles. The Bertz CT molecular complexity index is 703. The van der Waals surface area contributed by atoms with E-state index in [2.05, 4.69) is 15.3 Å². The summed E-state index contributed by atoms with van der Waals surface area (Å²) >= 11 is 0. The van der Waals surface area contributed by atoms with E-state index >= 15 is 0 Å². The number of carbonyl (C=O) groups excluding carboxylic acids is 2. The highest BCUT2D eigenvalue weighted by molar-refractivity contribution is 5.85. The summed E-state index contributed by atoms with van der Waals surface area (Å²) in [5.74, 6) is -0.239. The van der Waals surface area contributed by atoms with E-state index in [-0.39, 0.29) is 5.91 Å². The van der Waals surface area contributed by atoms with Gasteiger partial charge in [0.1, 0.15) is 11.6 Å². The summed E-state index contributed by atoms with van der Waals surface area (Å²) in [6.07, 6.45) is 2.74. The molecule has 0 aliphatic heterocycles. The van der Waals surface area contributed by atoms with E-state index in [0.29, 0.717) is 13.1 Å². The second-order valence-corrected chi connectivity index (χ2v) is 7.20. The average molecular weight is 370 g/mol. The van der Waals surface area contributed by atoms with Crippen LogP contribution in [-0.4, -0.2) is 38.5 Å². The van der Waals surface area contributed by atoms with Gasteiger partial charge < -0.3 is 15.0 Å². The zero-order chi connectivity index (χ0) is 19.9. The van der Waals surface area contributed by atoms with Crippen LogP contribution in [0.25, 0.3) is 0 Å². The standard InChI is InChI=1S/C20H26N4O3/c1-15(23-19(26)27-20(2,3)4)18(25)24(13-16-9-5-7-11-21-16)14-17-10-6-8-12-22-17/h5-12,15H,13-14H2,1-4H3,(H,23,26)/t15-/m0/s1. The van der Waals surface area contributed by atoms with E-state index in [4.69, 9.17) is 4.74 Å². The van der Waals surface area contributed by atoms with Crippen LogP contribution < -0.4 is 5.32 Å². The third-order valence-electron chi connectivity index (χ3n) is 3.57. The van der Waals surface area contributed by atoms with E-state index in [1.807, 2.05) is 36.4 Å². The van der Waals surface area contributed by atoms with Crippen molar-refractivity contribution < 1.29 is 14.3 Å². The minimum Gasteiger partial charge on any atom is -0.444 e. The van der Waals surface area contributed by atoms with Crippen LogP contribution in [0.2, 0.25) is 0 Å². The summed E-state index contributed by atoms with van der Waals surface area (Å²) in [6.45, 7) is 7.58. The molecule has 0 spiro atoms. The second kappa shape index (κ2) is 9.12. The van der Waals surface area contributed by atoms with Gasteiger partial charge in [0.25, 0.3) is 0 Å². The number of aromatic nitrogens is 2. The van der Waals surface area contributed by atoms with Crippen LogP contribution in [0.1, 0.15) is 39.1 Å². The monoisotopic (exact) mass is 370 g/mol. The molecule has 7 nitrogen and oxygen atoms in total. The Labute approximate surface area is 159 Å². The van der Waals surface area contributed by atoms with Gasteiger partial charge >= 0.3 is 6.09 Å². The van der Waals surface area contributed by atoms with Crippen LogP contribution in [0.4, 0.5) is 4.79 Å². The molecule has 0 unspecified atom stereocenters. The van der Waals surface area contributed by atoms with Crippen molar-refractivity contribution >= 4 is 12.0 Å². The molecular weight excluding hydrogens is 344 g/mol.